The molecule has 0 saturated heterocycles. The van der Waals surface area contributed by atoms with Crippen LogP contribution in [0.4, 0.5) is 0 Å². The average molecular weight is 187 g/mol. The second kappa shape index (κ2) is 5.65. The van der Waals surface area contributed by atoms with Gasteiger partial charge in [0.05, 0.1) is 0 Å². The van der Waals surface area contributed by atoms with Crippen LogP contribution in [0.15, 0.2) is 16.9 Å². The highest BCUT2D eigenvalue weighted by Gasteiger charge is 1.90. The molecule has 0 aliphatic carbocycles. The Morgan fingerprint density at radius 2 is 2.17 bits per heavy atom. The van der Waals surface area contributed by atoms with Gasteiger partial charge in [0.2, 0.25) is 0 Å². The Hall–Kier alpha value is -0.970. The van der Waals surface area contributed by atoms with Crippen LogP contribution in [0.5, 0.6) is 0 Å². The predicted octanol–water partition coefficient (Wildman–Crippen LogP) is 0.661. The maximum absolute atomic E-state index is 10.6. The van der Waals surface area contributed by atoms with Crippen molar-refractivity contribution in [2.45, 2.75) is 13.8 Å². The van der Waals surface area contributed by atoms with E-state index in [1.54, 1.807) is 6.92 Å². The first-order chi connectivity index (χ1) is 5.56. The maximum atomic E-state index is 10.6. The molecule has 0 fully saturated rings. The van der Waals surface area contributed by atoms with E-state index in [0.29, 0.717) is 10.9 Å². The Morgan fingerprint density at radius 3 is 2.58 bits per heavy atom. The number of hydrogen-bond acceptors (Lipinski definition) is 4. The predicted molar refractivity (Wildman–Crippen MR) is 52.7 cm³/mol. The number of nitrogens with one attached hydrogen (secondary N) is 1. The molecule has 3 N–H and O–H groups in total. The summed E-state index contributed by atoms with van der Waals surface area (Å²) >= 11 is 1.34. The van der Waals surface area contributed by atoms with Gasteiger partial charge in [-0.1, -0.05) is 11.8 Å². The summed E-state index contributed by atoms with van der Waals surface area (Å²) in [6.07, 6.45) is 3.28. The van der Waals surface area contributed by atoms with Crippen molar-refractivity contribution in [1.82, 2.24) is 5.43 Å². The van der Waals surface area contributed by atoms with Gasteiger partial charge in [-0.3, -0.25) is 10.2 Å². The van der Waals surface area contributed by atoms with Gasteiger partial charge in [0.15, 0.2) is 11.0 Å². The number of nitrogens with zero attached hydrogens (tertiary/aromatic N) is 1. The molecule has 0 spiro atoms. The van der Waals surface area contributed by atoms with Crippen LogP contribution in [-0.4, -0.2) is 17.2 Å². The Balaban J connectivity index is 4.02. The monoisotopic (exact) mass is 187 g/mol. The summed E-state index contributed by atoms with van der Waals surface area (Å²) in [6, 6.07) is 0. The van der Waals surface area contributed by atoms with Gasteiger partial charge in [-0.15, -0.1) is 0 Å². The number of hydrogen-bond donors (Lipinski definition) is 2. The molecule has 0 aromatic carbocycles. The van der Waals surface area contributed by atoms with E-state index in [0.717, 1.165) is 0 Å². The summed E-state index contributed by atoms with van der Waals surface area (Å²) in [5.74, 6) is -0.0158. The summed E-state index contributed by atoms with van der Waals surface area (Å²) in [6.45, 7) is 3.23. The van der Waals surface area contributed by atoms with E-state index in [2.05, 4.69) is 10.5 Å². The van der Waals surface area contributed by atoms with E-state index >= 15 is 0 Å². The number of hydrazone groups is 1. The van der Waals surface area contributed by atoms with Crippen molar-refractivity contribution in [3.05, 3.63) is 11.8 Å². The first-order valence-corrected chi connectivity index (χ1v) is 4.60. The molecule has 0 aromatic rings. The highest BCUT2D eigenvalue weighted by molar-refractivity contribution is 8.13. The second-order valence-electron chi connectivity index (χ2n) is 2.20. The molecule has 0 aliphatic heterocycles. The van der Waals surface area contributed by atoms with Crippen molar-refractivity contribution >= 4 is 22.7 Å². The summed E-state index contributed by atoms with van der Waals surface area (Å²) in [5, 5.41) is 4.22. The molecule has 4 nitrogen and oxygen atoms in total. The topological polar surface area (TPSA) is 67.5 Å². The third kappa shape index (κ3) is 5.79. The van der Waals surface area contributed by atoms with Gasteiger partial charge in [-0.05, 0) is 20.1 Å². The Bertz CT molecular complexity index is 223. The lowest BCUT2D eigenvalue weighted by atomic mass is 10.3. The number of nitrogens with two attached hydrogens (primary N) is 1. The summed E-state index contributed by atoms with van der Waals surface area (Å²) < 4.78 is 0. The quantitative estimate of drug-likeness (QED) is 0.295. The molecule has 68 valence electrons. The first kappa shape index (κ1) is 11.0. The highest BCUT2D eigenvalue weighted by Crippen LogP contribution is 1.91. The van der Waals surface area contributed by atoms with Gasteiger partial charge in [-0.2, -0.15) is 5.10 Å². The van der Waals surface area contributed by atoms with E-state index < -0.39 is 0 Å². The average Bonchev–Trinajstić information content (AvgIpc) is 1.99. The molecule has 0 aliphatic rings. The van der Waals surface area contributed by atoms with Crippen LogP contribution in [0.25, 0.3) is 0 Å². The Labute approximate surface area is 76.3 Å². The van der Waals surface area contributed by atoms with Gasteiger partial charge >= 0.3 is 0 Å². The minimum atomic E-state index is -0.0158. The maximum Gasteiger partial charge on any atom is 0.177 e. The molecule has 0 saturated carbocycles. The first-order valence-electron chi connectivity index (χ1n) is 3.38. The van der Waals surface area contributed by atoms with E-state index in [4.69, 9.17) is 5.73 Å². The summed E-state index contributed by atoms with van der Waals surface area (Å²) in [5.41, 5.74) is 8.72. The SMILES string of the molecule is CS/C(N)=N/N/C(C)=C/C(C)=O. The Morgan fingerprint density at radius 1 is 1.58 bits per heavy atom. The fourth-order valence-electron chi connectivity index (χ4n) is 0.526. The summed E-state index contributed by atoms with van der Waals surface area (Å²) in [4.78, 5) is 10.6. The minimum absolute atomic E-state index is 0.0158. The van der Waals surface area contributed by atoms with Gasteiger partial charge < -0.3 is 5.73 Å². The number of carbonyl (C=O) groups excluding carboxylic acids is 1. The molecule has 0 rings (SSSR count). The molecule has 0 amide bonds. The van der Waals surface area contributed by atoms with Gasteiger partial charge in [0.1, 0.15) is 0 Å². The molecular weight excluding hydrogens is 174 g/mol. The molecule has 0 bridgehead atoms. The molecule has 0 unspecified atom stereocenters. The van der Waals surface area contributed by atoms with Crippen molar-refractivity contribution < 1.29 is 4.79 Å². The normalized spacial score (nSPS) is 12.9. The number of carbonyl (C=O) groups is 1. The number of rotatable bonds is 3. The van der Waals surface area contributed by atoms with Crippen molar-refractivity contribution in [1.29, 1.82) is 0 Å². The van der Waals surface area contributed by atoms with Crippen LogP contribution in [0.3, 0.4) is 0 Å². The fourth-order valence-corrected chi connectivity index (χ4v) is 0.663. The molecular formula is C7H13N3OS. The van der Waals surface area contributed by atoms with E-state index in [1.807, 2.05) is 6.26 Å². The Kier molecular flexibility index (Phi) is 5.19. The van der Waals surface area contributed by atoms with E-state index in [-0.39, 0.29) is 5.78 Å². The zero-order chi connectivity index (χ0) is 9.56. The lowest BCUT2D eigenvalue weighted by Gasteiger charge is -1.99. The third-order valence-electron chi connectivity index (χ3n) is 0.971. The smallest absolute Gasteiger partial charge is 0.177 e. The van der Waals surface area contributed by atoms with Gasteiger partial charge in [-0.25, -0.2) is 0 Å². The number of thioether (sulfide) groups is 1. The van der Waals surface area contributed by atoms with Crippen LogP contribution in [0.2, 0.25) is 0 Å². The minimum Gasteiger partial charge on any atom is -0.377 e. The number of allylic oxidation sites excluding steroid dienone is 2. The van der Waals surface area contributed by atoms with Crippen LogP contribution in [0, 0.1) is 0 Å². The van der Waals surface area contributed by atoms with E-state index in [1.165, 1.54) is 24.8 Å². The lowest BCUT2D eigenvalue weighted by molar-refractivity contribution is -0.112. The second-order valence-corrected chi connectivity index (χ2v) is 3.03. The molecule has 0 heterocycles. The molecule has 0 aromatic heterocycles. The van der Waals surface area contributed by atoms with Crippen molar-refractivity contribution in [3.8, 4) is 0 Å². The van der Waals surface area contributed by atoms with Crippen LogP contribution in [-0.2, 0) is 4.79 Å². The molecule has 0 atom stereocenters. The standard InChI is InChI=1S/C7H13N3OS/c1-5(4-6(2)11)9-10-7(8)12-3/h4,9H,1-3H3,(H2,8,10)/b5-4+. The molecule has 5 heteroatoms. The van der Waals surface area contributed by atoms with Crippen molar-refractivity contribution in [3.63, 3.8) is 0 Å². The number of ketones is 1. The summed E-state index contributed by atoms with van der Waals surface area (Å²) in [7, 11) is 0. The largest absolute Gasteiger partial charge is 0.377 e. The fraction of sp³-hybridized carbons (Fsp3) is 0.429. The van der Waals surface area contributed by atoms with Gasteiger partial charge in [0.25, 0.3) is 0 Å². The lowest BCUT2D eigenvalue weighted by Crippen LogP contribution is -2.13. The number of amidine groups is 1. The zero-order valence-electron chi connectivity index (χ0n) is 7.42. The van der Waals surface area contributed by atoms with Crippen LogP contribution in [0.1, 0.15) is 13.8 Å². The molecule has 0 radical (unpaired) electrons. The van der Waals surface area contributed by atoms with E-state index in [9.17, 15) is 4.79 Å². The van der Waals surface area contributed by atoms with Crippen molar-refractivity contribution in [2.75, 3.05) is 6.26 Å². The van der Waals surface area contributed by atoms with Crippen molar-refractivity contribution in [2.24, 2.45) is 10.8 Å². The van der Waals surface area contributed by atoms with Gasteiger partial charge in [0, 0.05) is 11.8 Å². The zero-order valence-corrected chi connectivity index (χ0v) is 8.23. The van der Waals surface area contributed by atoms with Crippen LogP contribution >= 0.6 is 11.8 Å². The molecule has 12 heavy (non-hydrogen) atoms. The third-order valence-corrected chi connectivity index (χ3v) is 1.48. The van der Waals surface area contributed by atoms with Crippen LogP contribution < -0.4 is 11.2 Å². The highest BCUT2D eigenvalue weighted by atomic mass is 32.2.